The molecule has 2 saturated heterocycles. The second-order valence-electron chi connectivity index (χ2n) is 6.90. The Balaban J connectivity index is 1.49. The average Bonchev–Trinajstić information content (AvgIpc) is 3.34. The van der Waals surface area contributed by atoms with Crippen molar-refractivity contribution in [2.24, 2.45) is 0 Å². The van der Waals surface area contributed by atoms with Gasteiger partial charge in [-0.15, -0.1) is 11.3 Å². The number of pyridine rings is 1. The molecule has 0 spiro atoms. The van der Waals surface area contributed by atoms with E-state index >= 15 is 0 Å². The summed E-state index contributed by atoms with van der Waals surface area (Å²) in [5.74, 6) is 0.124. The van der Waals surface area contributed by atoms with Gasteiger partial charge in [0, 0.05) is 18.9 Å². The number of carbonyl (C=O) groups is 1. The number of aromatic nitrogens is 2. The lowest BCUT2D eigenvalue weighted by Crippen LogP contribution is -2.38. The molecular weight excluding hydrogens is 332 g/mol. The summed E-state index contributed by atoms with van der Waals surface area (Å²) >= 11 is 1.56. The summed E-state index contributed by atoms with van der Waals surface area (Å²) in [4.78, 5) is 27.1. The second-order valence-corrected chi connectivity index (χ2v) is 8.01. The van der Waals surface area contributed by atoms with Gasteiger partial charge in [0.05, 0.1) is 18.8 Å². The largest absolute Gasteiger partial charge is 0.331 e. The second kappa shape index (κ2) is 7.62. The fraction of sp³-hybridized carbons (Fsp3) is 0.526. The third-order valence-corrected chi connectivity index (χ3v) is 6.12. The monoisotopic (exact) mass is 356 g/mol. The van der Waals surface area contributed by atoms with Gasteiger partial charge in [-0.05, 0) is 56.8 Å². The van der Waals surface area contributed by atoms with Gasteiger partial charge in [0.2, 0.25) is 0 Å². The van der Waals surface area contributed by atoms with Crippen molar-refractivity contribution in [1.29, 1.82) is 0 Å². The summed E-state index contributed by atoms with van der Waals surface area (Å²) in [5, 5.41) is 1.06. The van der Waals surface area contributed by atoms with Crippen LogP contribution < -0.4 is 0 Å². The maximum atomic E-state index is 13.1. The summed E-state index contributed by atoms with van der Waals surface area (Å²) in [6, 6.07) is 4.17. The van der Waals surface area contributed by atoms with Crippen LogP contribution in [0.5, 0.6) is 0 Å². The summed E-state index contributed by atoms with van der Waals surface area (Å²) < 4.78 is 0. The number of hydrogen-bond donors (Lipinski definition) is 0. The number of hydrogen-bond acceptors (Lipinski definition) is 5. The first kappa shape index (κ1) is 16.7. The van der Waals surface area contributed by atoms with Crippen molar-refractivity contribution in [2.45, 2.75) is 44.7 Å². The van der Waals surface area contributed by atoms with Crippen LogP contribution in [0.15, 0.2) is 30.7 Å². The van der Waals surface area contributed by atoms with Crippen molar-refractivity contribution < 1.29 is 4.79 Å². The number of piperidine rings is 1. The van der Waals surface area contributed by atoms with Gasteiger partial charge in [-0.2, -0.15) is 0 Å². The van der Waals surface area contributed by atoms with Gasteiger partial charge in [0.1, 0.15) is 9.88 Å². The Morgan fingerprint density at radius 1 is 1.16 bits per heavy atom. The number of carbonyl (C=O) groups excluding carboxylic acids is 1. The van der Waals surface area contributed by atoms with E-state index in [0.717, 1.165) is 60.9 Å². The molecule has 0 unspecified atom stereocenters. The van der Waals surface area contributed by atoms with E-state index in [0.29, 0.717) is 0 Å². The molecule has 2 aromatic heterocycles. The fourth-order valence-corrected chi connectivity index (χ4v) is 4.77. The molecular formula is C19H24N4OS. The van der Waals surface area contributed by atoms with Gasteiger partial charge in [0.15, 0.2) is 0 Å². The maximum absolute atomic E-state index is 13.1. The Bertz CT molecular complexity index is 711. The van der Waals surface area contributed by atoms with E-state index in [1.807, 2.05) is 17.2 Å². The predicted octanol–water partition coefficient (Wildman–Crippen LogP) is 3.50. The van der Waals surface area contributed by atoms with E-state index in [9.17, 15) is 4.79 Å². The molecule has 6 heteroatoms. The van der Waals surface area contributed by atoms with Gasteiger partial charge >= 0.3 is 0 Å². The first-order valence-electron chi connectivity index (χ1n) is 9.19. The summed E-state index contributed by atoms with van der Waals surface area (Å²) in [7, 11) is 0. The summed E-state index contributed by atoms with van der Waals surface area (Å²) in [6.07, 6.45) is 11.2. The molecule has 0 bridgehead atoms. The Kier molecular flexibility index (Phi) is 5.08. The maximum Gasteiger partial charge on any atom is 0.266 e. The molecule has 2 aliphatic heterocycles. The van der Waals surface area contributed by atoms with Gasteiger partial charge in [-0.25, -0.2) is 4.98 Å². The molecule has 0 saturated carbocycles. The number of likely N-dealkylation sites (tertiary alicyclic amines) is 2. The van der Waals surface area contributed by atoms with Gasteiger partial charge in [-0.1, -0.05) is 6.07 Å². The molecule has 2 aromatic rings. The Labute approximate surface area is 152 Å². The lowest BCUT2D eigenvalue weighted by Gasteiger charge is -2.35. The topological polar surface area (TPSA) is 49.3 Å². The molecule has 132 valence electrons. The highest BCUT2D eigenvalue weighted by Crippen LogP contribution is 2.32. The van der Waals surface area contributed by atoms with Crippen molar-refractivity contribution in [3.8, 4) is 0 Å². The van der Waals surface area contributed by atoms with Crippen molar-refractivity contribution in [3.05, 3.63) is 46.2 Å². The molecule has 1 atom stereocenters. The van der Waals surface area contributed by atoms with E-state index in [1.165, 1.54) is 12.8 Å². The molecule has 5 nitrogen and oxygen atoms in total. The first-order valence-corrected chi connectivity index (χ1v) is 10.0. The van der Waals surface area contributed by atoms with E-state index in [-0.39, 0.29) is 11.9 Å². The highest BCUT2D eigenvalue weighted by atomic mass is 32.1. The van der Waals surface area contributed by atoms with Gasteiger partial charge in [-0.3, -0.25) is 14.7 Å². The zero-order valence-corrected chi connectivity index (χ0v) is 15.2. The molecule has 0 N–H and O–H groups in total. The number of amides is 1. The molecule has 4 rings (SSSR count). The molecule has 1 amide bonds. The zero-order chi connectivity index (χ0) is 17.1. The molecule has 0 radical (unpaired) electrons. The third kappa shape index (κ3) is 3.75. The van der Waals surface area contributed by atoms with Crippen LogP contribution in [-0.2, 0) is 6.54 Å². The zero-order valence-electron chi connectivity index (χ0n) is 14.4. The van der Waals surface area contributed by atoms with Crippen molar-refractivity contribution in [2.75, 3.05) is 19.6 Å². The van der Waals surface area contributed by atoms with Crippen LogP contribution in [0.2, 0.25) is 0 Å². The van der Waals surface area contributed by atoms with Gasteiger partial charge < -0.3 is 4.90 Å². The summed E-state index contributed by atoms with van der Waals surface area (Å²) in [5.41, 5.74) is 1.14. The van der Waals surface area contributed by atoms with Crippen LogP contribution in [0.1, 0.15) is 58.4 Å². The fourth-order valence-electron chi connectivity index (χ4n) is 3.85. The minimum absolute atomic E-state index is 0.124. The standard InChI is InChI=1S/C19H24N4OS/c24-19(17-13-21-18(25-17)14-22-9-3-4-10-22)23-11-2-1-7-16(23)15-6-5-8-20-12-15/h5-6,8,12-13,16H,1-4,7,9-11,14H2/t16-/m1/s1. The number of thiazole rings is 1. The van der Waals surface area contributed by atoms with E-state index in [2.05, 4.69) is 20.9 Å². The lowest BCUT2D eigenvalue weighted by atomic mass is 9.96. The molecule has 2 fully saturated rings. The van der Waals surface area contributed by atoms with Crippen LogP contribution in [0, 0.1) is 0 Å². The number of rotatable bonds is 4. The number of nitrogens with zero attached hydrogens (tertiary/aromatic N) is 4. The lowest BCUT2D eigenvalue weighted by molar-refractivity contribution is 0.0616. The third-order valence-electron chi connectivity index (χ3n) is 5.15. The highest BCUT2D eigenvalue weighted by Gasteiger charge is 2.30. The summed E-state index contributed by atoms with van der Waals surface area (Å²) in [6.45, 7) is 4.00. The minimum atomic E-state index is 0.124. The van der Waals surface area contributed by atoms with E-state index < -0.39 is 0 Å². The molecule has 2 aliphatic rings. The molecule has 0 aromatic carbocycles. The minimum Gasteiger partial charge on any atom is -0.331 e. The van der Waals surface area contributed by atoms with E-state index in [4.69, 9.17) is 0 Å². The van der Waals surface area contributed by atoms with Gasteiger partial charge in [0.25, 0.3) is 5.91 Å². The average molecular weight is 356 g/mol. The SMILES string of the molecule is O=C(c1cnc(CN2CCCC2)s1)N1CCCC[C@@H]1c1cccnc1. The van der Waals surface area contributed by atoms with Crippen LogP contribution in [-0.4, -0.2) is 45.3 Å². The Morgan fingerprint density at radius 3 is 2.80 bits per heavy atom. The van der Waals surface area contributed by atoms with Crippen LogP contribution in [0.25, 0.3) is 0 Å². The Morgan fingerprint density at radius 2 is 2.00 bits per heavy atom. The van der Waals surface area contributed by atoms with Crippen molar-refractivity contribution in [1.82, 2.24) is 19.8 Å². The molecule has 4 heterocycles. The highest BCUT2D eigenvalue weighted by molar-refractivity contribution is 7.13. The van der Waals surface area contributed by atoms with Crippen molar-refractivity contribution >= 4 is 17.2 Å². The van der Waals surface area contributed by atoms with Crippen LogP contribution >= 0.6 is 11.3 Å². The molecule has 25 heavy (non-hydrogen) atoms. The van der Waals surface area contributed by atoms with Crippen LogP contribution in [0.4, 0.5) is 0 Å². The van der Waals surface area contributed by atoms with Crippen LogP contribution in [0.3, 0.4) is 0 Å². The first-order chi connectivity index (χ1) is 12.3. The smallest absolute Gasteiger partial charge is 0.266 e. The quantitative estimate of drug-likeness (QED) is 0.841. The normalized spacial score (nSPS) is 21.6. The predicted molar refractivity (Wildman–Crippen MR) is 98.5 cm³/mol. The molecule has 0 aliphatic carbocycles. The Hall–Kier alpha value is -1.79. The van der Waals surface area contributed by atoms with E-state index in [1.54, 1.807) is 23.7 Å². The van der Waals surface area contributed by atoms with Crippen molar-refractivity contribution in [3.63, 3.8) is 0 Å².